The van der Waals surface area contributed by atoms with Crippen molar-refractivity contribution >= 4 is 40.9 Å². The molecule has 0 aromatic heterocycles. The van der Waals surface area contributed by atoms with Gasteiger partial charge < -0.3 is 10.4 Å². The molecule has 6 heteroatoms. The second-order valence-electron chi connectivity index (χ2n) is 4.82. The van der Waals surface area contributed by atoms with E-state index in [-0.39, 0.29) is 21.7 Å². The van der Waals surface area contributed by atoms with Crippen molar-refractivity contribution in [1.29, 1.82) is 0 Å². The van der Waals surface area contributed by atoms with Gasteiger partial charge in [-0.3, -0.25) is 4.79 Å². The minimum atomic E-state index is -1.13. The molecule has 120 valence electrons. The van der Waals surface area contributed by atoms with Gasteiger partial charge in [0.05, 0.1) is 15.8 Å². The number of rotatable bonds is 6. The maximum atomic E-state index is 12.4. The third kappa shape index (κ3) is 4.74. The summed E-state index contributed by atoms with van der Waals surface area (Å²) in [6, 6.07) is 14.1. The number of carboxylic acid groups (broad SMARTS) is 1. The number of carbonyl (C=O) groups is 2. The molecule has 0 fully saturated rings. The van der Waals surface area contributed by atoms with E-state index in [0.29, 0.717) is 12.1 Å². The number of hydrogen-bond acceptors (Lipinski definition) is 3. The molecule has 0 radical (unpaired) electrons. The van der Waals surface area contributed by atoms with Gasteiger partial charge in [-0.2, -0.15) is 0 Å². The molecule has 1 unspecified atom stereocenters. The highest BCUT2D eigenvalue weighted by molar-refractivity contribution is 8.00. The summed E-state index contributed by atoms with van der Waals surface area (Å²) in [6.45, 7) is 1.94. The highest BCUT2D eigenvalue weighted by Crippen LogP contribution is 2.27. The van der Waals surface area contributed by atoms with Crippen LogP contribution in [0.5, 0.6) is 0 Å². The van der Waals surface area contributed by atoms with Gasteiger partial charge in [-0.15, -0.1) is 11.8 Å². The molecule has 1 amide bonds. The van der Waals surface area contributed by atoms with Gasteiger partial charge in [0.1, 0.15) is 0 Å². The van der Waals surface area contributed by atoms with Gasteiger partial charge in [-0.25, -0.2) is 4.79 Å². The summed E-state index contributed by atoms with van der Waals surface area (Å²) in [7, 11) is 0. The molecular formula is C17H16ClNO3S. The van der Waals surface area contributed by atoms with Crippen LogP contribution in [0.4, 0.5) is 5.69 Å². The fraction of sp³-hybridized carbons (Fsp3) is 0.176. The average Bonchev–Trinajstić information content (AvgIpc) is 2.55. The van der Waals surface area contributed by atoms with Crippen LogP contribution < -0.4 is 5.32 Å². The molecule has 0 aliphatic carbocycles. The van der Waals surface area contributed by atoms with Gasteiger partial charge >= 0.3 is 5.97 Å². The summed E-state index contributed by atoms with van der Waals surface area (Å²) in [5.74, 6) is -1.29. The molecule has 2 rings (SSSR count). The quantitative estimate of drug-likeness (QED) is 0.751. The average molecular weight is 350 g/mol. The lowest BCUT2D eigenvalue weighted by molar-refractivity contribution is -0.115. The van der Waals surface area contributed by atoms with E-state index in [1.54, 1.807) is 6.07 Å². The third-order valence-corrected chi connectivity index (χ3v) is 4.85. The normalized spacial score (nSPS) is 11.7. The Bertz CT molecular complexity index is 706. The van der Waals surface area contributed by atoms with Gasteiger partial charge in [0.15, 0.2) is 0 Å². The molecular weight excluding hydrogens is 334 g/mol. The zero-order chi connectivity index (χ0) is 16.8. The second kappa shape index (κ2) is 8.04. The number of halogens is 1. The Morgan fingerprint density at radius 1 is 1.22 bits per heavy atom. The van der Waals surface area contributed by atoms with Crippen molar-refractivity contribution in [2.45, 2.75) is 23.5 Å². The highest BCUT2D eigenvalue weighted by Gasteiger charge is 2.19. The minimum absolute atomic E-state index is 0.0340. The van der Waals surface area contributed by atoms with Crippen LogP contribution >= 0.6 is 23.4 Å². The Morgan fingerprint density at radius 2 is 1.91 bits per heavy atom. The summed E-state index contributed by atoms with van der Waals surface area (Å²) in [4.78, 5) is 24.5. The van der Waals surface area contributed by atoms with Crippen LogP contribution in [-0.2, 0) is 4.79 Å². The van der Waals surface area contributed by atoms with E-state index in [1.165, 1.54) is 23.9 Å². The van der Waals surface area contributed by atoms with Crippen molar-refractivity contribution < 1.29 is 14.7 Å². The van der Waals surface area contributed by atoms with Crippen LogP contribution in [-0.4, -0.2) is 22.2 Å². The molecule has 23 heavy (non-hydrogen) atoms. The standard InChI is InChI=1S/C17H16ClNO3S/c1-2-15(23-12-6-4-3-5-7-12)16(20)19-11-8-9-14(18)13(10-11)17(21)22/h3-10,15H,2H2,1H3,(H,19,20)(H,21,22). The SMILES string of the molecule is CCC(Sc1ccccc1)C(=O)Nc1ccc(Cl)c(C(=O)O)c1. The Morgan fingerprint density at radius 3 is 2.52 bits per heavy atom. The van der Waals surface area contributed by atoms with Crippen LogP contribution in [0.3, 0.4) is 0 Å². The van der Waals surface area contributed by atoms with Gasteiger partial charge in [-0.05, 0) is 36.8 Å². The minimum Gasteiger partial charge on any atom is -0.478 e. The number of anilines is 1. The molecule has 4 nitrogen and oxygen atoms in total. The molecule has 0 spiro atoms. The number of carboxylic acids is 1. The van der Waals surface area contributed by atoms with Crippen molar-refractivity contribution in [3.05, 3.63) is 59.1 Å². The lowest BCUT2D eigenvalue weighted by Gasteiger charge is -2.15. The number of thioether (sulfide) groups is 1. The van der Waals surface area contributed by atoms with Crippen molar-refractivity contribution in [1.82, 2.24) is 0 Å². The molecule has 0 saturated heterocycles. The van der Waals surface area contributed by atoms with E-state index in [4.69, 9.17) is 16.7 Å². The van der Waals surface area contributed by atoms with Crippen LogP contribution in [0.2, 0.25) is 5.02 Å². The fourth-order valence-electron chi connectivity index (χ4n) is 1.98. The molecule has 2 N–H and O–H groups in total. The van der Waals surface area contributed by atoms with Crippen LogP contribution in [0, 0.1) is 0 Å². The maximum absolute atomic E-state index is 12.4. The van der Waals surface area contributed by atoms with E-state index in [2.05, 4.69) is 5.32 Å². The summed E-state index contributed by atoms with van der Waals surface area (Å²) in [5.41, 5.74) is 0.386. The fourth-order valence-corrected chi connectivity index (χ4v) is 3.15. The van der Waals surface area contributed by atoms with Crippen LogP contribution in [0.25, 0.3) is 0 Å². The Hall–Kier alpha value is -1.98. The van der Waals surface area contributed by atoms with Crippen LogP contribution in [0.1, 0.15) is 23.7 Å². The van der Waals surface area contributed by atoms with Gasteiger partial charge in [0.2, 0.25) is 5.91 Å². The Kier molecular flexibility index (Phi) is 6.07. The number of benzene rings is 2. The summed E-state index contributed by atoms with van der Waals surface area (Å²) in [6.07, 6.45) is 0.658. The topological polar surface area (TPSA) is 66.4 Å². The zero-order valence-corrected chi connectivity index (χ0v) is 14.0. The number of carbonyl (C=O) groups excluding carboxylic acids is 1. The van der Waals surface area contributed by atoms with E-state index < -0.39 is 5.97 Å². The molecule has 0 heterocycles. The largest absolute Gasteiger partial charge is 0.478 e. The molecule has 0 bridgehead atoms. The lowest BCUT2D eigenvalue weighted by Crippen LogP contribution is -2.24. The van der Waals surface area contributed by atoms with Crippen LogP contribution in [0.15, 0.2) is 53.4 Å². The first-order valence-electron chi connectivity index (χ1n) is 7.06. The number of nitrogens with one attached hydrogen (secondary N) is 1. The van der Waals surface area contributed by atoms with Crippen molar-refractivity contribution in [2.75, 3.05) is 5.32 Å². The molecule has 0 saturated carbocycles. The van der Waals surface area contributed by atoms with Crippen molar-refractivity contribution in [3.63, 3.8) is 0 Å². The van der Waals surface area contributed by atoms with Gasteiger partial charge in [-0.1, -0.05) is 36.7 Å². The number of amides is 1. The number of hydrogen-bond donors (Lipinski definition) is 2. The monoisotopic (exact) mass is 349 g/mol. The van der Waals surface area contributed by atoms with Crippen molar-refractivity contribution in [2.24, 2.45) is 0 Å². The first-order chi connectivity index (χ1) is 11.0. The Balaban J connectivity index is 2.10. The van der Waals surface area contributed by atoms with E-state index in [0.717, 1.165) is 4.90 Å². The van der Waals surface area contributed by atoms with Gasteiger partial charge in [0, 0.05) is 10.6 Å². The van der Waals surface area contributed by atoms with E-state index in [9.17, 15) is 9.59 Å². The highest BCUT2D eigenvalue weighted by atomic mass is 35.5. The summed E-state index contributed by atoms with van der Waals surface area (Å²) >= 11 is 7.30. The Labute approximate surface area is 143 Å². The third-order valence-electron chi connectivity index (χ3n) is 3.15. The van der Waals surface area contributed by atoms with E-state index >= 15 is 0 Å². The molecule has 0 aliphatic heterocycles. The smallest absolute Gasteiger partial charge is 0.337 e. The summed E-state index contributed by atoms with van der Waals surface area (Å²) < 4.78 is 0. The van der Waals surface area contributed by atoms with Crippen molar-refractivity contribution in [3.8, 4) is 0 Å². The first-order valence-corrected chi connectivity index (χ1v) is 8.32. The predicted molar refractivity (Wildman–Crippen MR) is 93.4 cm³/mol. The molecule has 0 aliphatic rings. The predicted octanol–water partition coefficient (Wildman–Crippen LogP) is 4.55. The molecule has 2 aromatic carbocycles. The zero-order valence-electron chi connectivity index (χ0n) is 12.5. The maximum Gasteiger partial charge on any atom is 0.337 e. The second-order valence-corrected chi connectivity index (χ2v) is 6.50. The number of aromatic carboxylic acids is 1. The molecule has 2 aromatic rings. The summed E-state index contributed by atoms with van der Waals surface area (Å²) in [5, 5.41) is 11.7. The molecule has 1 atom stereocenters. The first kappa shape index (κ1) is 17.4. The van der Waals surface area contributed by atoms with E-state index in [1.807, 2.05) is 37.3 Å². The lowest BCUT2D eigenvalue weighted by atomic mass is 10.2. The van der Waals surface area contributed by atoms with Gasteiger partial charge in [0.25, 0.3) is 0 Å².